The smallest absolute Gasteiger partial charge is 0.0323 e. The third-order valence-corrected chi connectivity index (χ3v) is 4.49. The summed E-state index contributed by atoms with van der Waals surface area (Å²) in [6.07, 6.45) is 11.6. The van der Waals surface area contributed by atoms with Crippen molar-refractivity contribution in [3.8, 4) is 0 Å². The molecule has 1 fully saturated rings. The van der Waals surface area contributed by atoms with Gasteiger partial charge in [0, 0.05) is 0 Å². The molecule has 0 aromatic heterocycles. The molecule has 0 heteroatoms. The van der Waals surface area contributed by atoms with Gasteiger partial charge in [-0.25, -0.2) is 0 Å². The Kier molecular flexibility index (Phi) is 5.15. The van der Waals surface area contributed by atoms with Crippen LogP contribution in [0.15, 0.2) is 0 Å². The van der Waals surface area contributed by atoms with Gasteiger partial charge in [0.05, 0.1) is 0 Å². The van der Waals surface area contributed by atoms with E-state index in [-0.39, 0.29) is 0 Å². The molecule has 0 saturated heterocycles. The molecule has 0 aromatic carbocycles. The number of hydrogen-bond donors (Lipinski definition) is 0. The molecule has 90 valence electrons. The van der Waals surface area contributed by atoms with Crippen LogP contribution in [0.5, 0.6) is 0 Å². The lowest BCUT2D eigenvalue weighted by Gasteiger charge is -2.26. The fraction of sp³-hybridized carbons (Fsp3) is 1.00. The first kappa shape index (κ1) is 13.1. The van der Waals surface area contributed by atoms with Crippen LogP contribution in [0.2, 0.25) is 0 Å². The lowest BCUT2D eigenvalue weighted by atomic mass is 9.80. The molecule has 0 amide bonds. The first-order valence-corrected chi connectivity index (χ1v) is 7.11. The summed E-state index contributed by atoms with van der Waals surface area (Å²) in [4.78, 5) is 0. The molecule has 1 saturated carbocycles. The maximum absolute atomic E-state index is 2.49. The highest BCUT2D eigenvalue weighted by Crippen LogP contribution is 2.51. The summed E-state index contributed by atoms with van der Waals surface area (Å²) in [5.74, 6) is 1.95. The zero-order valence-electron chi connectivity index (χ0n) is 11.3. The zero-order valence-corrected chi connectivity index (χ0v) is 11.3. The van der Waals surface area contributed by atoms with Crippen LogP contribution < -0.4 is 0 Å². The van der Waals surface area contributed by atoms with Crippen molar-refractivity contribution < 1.29 is 0 Å². The molecule has 0 radical (unpaired) electrons. The number of unbranched alkanes of at least 4 members (excludes halogenated alkanes) is 2. The summed E-state index contributed by atoms with van der Waals surface area (Å²) < 4.78 is 0. The molecule has 15 heavy (non-hydrogen) atoms. The molecule has 0 heterocycles. The van der Waals surface area contributed by atoms with Crippen molar-refractivity contribution in [2.75, 3.05) is 0 Å². The van der Waals surface area contributed by atoms with Crippen molar-refractivity contribution >= 4 is 0 Å². The Morgan fingerprint density at radius 1 is 1.13 bits per heavy atom. The summed E-state index contributed by atoms with van der Waals surface area (Å²) in [6, 6.07) is 0. The third-order valence-electron chi connectivity index (χ3n) is 4.49. The van der Waals surface area contributed by atoms with Crippen LogP contribution in [-0.2, 0) is 0 Å². The molecule has 0 N–H and O–H groups in total. The summed E-state index contributed by atoms with van der Waals surface area (Å²) in [6.45, 7) is 9.61. The maximum atomic E-state index is 2.49. The number of rotatable bonds is 8. The monoisotopic (exact) mass is 210 g/mol. The van der Waals surface area contributed by atoms with Crippen LogP contribution in [0.25, 0.3) is 0 Å². The molecule has 0 bridgehead atoms. The van der Waals surface area contributed by atoms with Gasteiger partial charge in [0.1, 0.15) is 0 Å². The van der Waals surface area contributed by atoms with Gasteiger partial charge in [0.15, 0.2) is 0 Å². The Labute approximate surface area is 96.8 Å². The first-order valence-electron chi connectivity index (χ1n) is 7.11. The SMILES string of the molecule is CCCCCC(CC1(C)CC1)C(C)CC. The maximum Gasteiger partial charge on any atom is -0.0323 e. The van der Waals surface area contributed by atoms with Crippen LogP contribution in [0.3, 0.4) is 0 Å². The van der Waals surface area contributed by atoms with E-state index in [1.54, 1.807) is 0 Å². The molecular weight excluding hydrogens is 180 g/mol. The molecule has 0 spiro atoms. The molecule has 1 aliphatic rings. The normalized spacial score (nSPS) is 22.4. The molecule has 0 aliphatic heterocycles. The van der Waals surface area contributed by atoms with Crippen molar-refractivity contribution in [2.24, 2.45) is 17.3 Å². The topological polar surface area (TPSA) is 0 Å². The van der Waals surface area contributed by atoms with E-state index in [0.717, 1.165) is 17.3 Å². The predicted molar refractivity (Wildman–Crippen MR) is 69.0 cm³/mol. The molecule has 1 rings (SSSR count). The minimum Gasteiger partial charge on any atom is -0.0654 e. The molecule has 2 unspecified atom stereocenters. The average molecular weight is 210 g/mol. The summed E-state index contributed by atoms with van der Waals surface area (Å²) in [5.41, 5.74) is 0.750. The van der Waals surface area contributed by atoms with E-state index >= 15 is 0 Å². The van der Waals surface area contributed by atoms with E-state index in [4.69, 9.17) is 0 Å². The van der Waals surface area contributed by atoms with Crippen LogP contribution in [0, 0.1) is 17.3 Å². The highest BCUT2D eigenvalue weighted by Gasteiger charge is 2.39. The van der Waals surface area contributed by atoms with E-state index in [1.165, 1.54) is 51.4 Å². The van der Waals surface area contributed by atoms with Crippen molar-refractivity contribution in [3.63, 3.8) is 0 Å². The van der Waals surface area contributed by atoms with Gasteiger partial charge in [0.2, 0.25) is 0 Å². The Balaban J connectivity index is 2.31. The Bertz CT molecular complexity index is 167. The molecule has 1 aliphatic carbocycles. The first-order chi connectivity index (χ1) is 7.11. The van der Waals surface area contributed by atoms with Gasteiger partial charge in [-0.15, -0.1) is 0 Å². The highest BCUT2D eigenvalue weighted by molar-refractivity contribution is 4.91. The van der Waals surface area contributed by atoms with E-state index in [2.05, 4.69) is 27.7 Å². The molecule has 0 aromatic rings. The number of hydrogen-bond acceptors (Lipinski definition) is 0. The van der Waals surface area contributed by atoms with Crippen molar-refractivity contribution in [2.45, 2.75) is 79.1 Å². The summed E-state index contributed by atoms with van der Waals surface area (Å²) >= 11 is 0. The van der Waals surface area contributed by atoms with Crippen molar-refractivity contribution in [3.05, 3.63) is 0 Å². The van der Waals surface area contributed by atoms with Crippen molar-refractivity contribution in [1.82, 2.24) is 0 Å². The minimum absolute atomic E-state index is 0.750. The van der Waals surface area contributed by atoms with Crippen LogP contribution >= 0.6 is 0 Å². The summed E-state index contributed by atoms with van der Waals surface area (Å²) in [5, 5.41) is 0. The second-order valence-electron chi connectivity index (χ2n) is 6.16. The lowest BCUT2D eigenvalue weighted by Crippen LogP contribution is -2.15. The predicted octanol–water partition coefficient (Wildman–Crippen LogP) is 5.42. The fourth-order valence-corrected chi connectivity index (χ4v) is 2.63. The van der Waals surface area contributed by atoms with Gasteiger partial charge in [-0.3, -0.25) is 0 Å². The second kappa shape index (κ2) is 5.92. The van der Waals surface area contributed by atoms with Gasteiger partial charge >= 0.3 is 0 Å². The zero-order chi connectivity index (χ0) is 11.3. The minimum atomic E-state index is 0.750. The molecule has 0 nitrogen and oxygen atoms in total. The van der Waals surface area contributed by atoms with Gasteiger partial charge in [-0.05, 0) is 36.5 Å². The lowest BCUT2D eigenvalue weighted by molar-refractivity contribution is 0.252. The molecule has 2 atom stereocenters. The van der Waals surface area contributed by atoms with Crippen LogP contribution in [-0.4, -0.2) is 0 Å². The Morgan fingerprint density at radius 2 is 1.80 bits per heavy atom. The highest BCUT2D eigenvalue weighted by atomic mass is 14.4. The van der Waals surface area contributed by atoms with Crippen LogP contribution in [0.4, 0.5) is 0 Å². The van der Waals surface area contributed by atoms with E-state index in [9.17, 15) is 0 Å². The largest absolute Gasteiger partial charge is 0.0654 e. The van der Waals surface area contributed by atoms with E-state index in [0.29, 0.717) is 0 Å². The van der Waals surface area contributed by atoms with E-state index in [1.807, 2.05) is 0 Å². The second-order valence-corrected chi connectivity index (χ2v) is 6.16. The standard InChI is InChI=1S/C15H30/c1-5-7-8-9-14(13(3)6-2)12-15(4)10-11-15/h13-14H,5-12H2,1-4H3. The van der Waals surface area contributed by atoms with E-state index < -0.39 is 0 Å². The summed E-state index contributed by atoms with van der Waals surface area (Å²) in [7, 11) is 0. The quantitative estimate of drug-likeness (QED) is 0.469. The van der Waals surface area contributed by atoms with Gasteiger partial charge in [0.25, 0.3) is 0 Å². The Hall–Kier alpha value is 0. The van der Waals surface area contributed by atoms with Gasteiger partial charge in [-0.2, -0.15) is 0 Å². The Morgan fingerprint density at radius 3 is 2.27 bits per heavy atom. The van der Waals surface area contributed by atoms with Crippen LogP contribution in [0.1, 0.15) is 79.1 Å². The van der Waals surface area contributed by atoms with Gasteiger partial charge in [-0.1, -0.05) is 59.8 Å². The fourth-order valence-electron chi connectivity index (χ4n) is 2.63. The average Bonchev–Trinajstić information content (AvgIpc) is 2.94. The molecular formula is C15H30. The third kappa shape index (κ3) is 4.57. The van der Waals surface area contributed by atoms with Crippen molar-refractivity contribution in [1.29, 1.82) is 0 Å². The van der Waals surface area contributed by atoms with Gasteiger partial charge < -0.3 is 0 Å².